The van der Waals surface area contributed by atoms with Gasteiger partial charge in [0.25, 0.3) is 0 Å². The molecule has 5 heteroatoms. The minimum atomic E-state index is -0.556. The van der Waals surface area contributed by atoms with Gasteiger partial charge in [-0.1, -0.05) is 123 Å². The number of nitrogens with zero attached hydrogens (tertiary/aromatic N) is 2. The van der Waals surface area contributed by atoms with Crippen LogP contribution in [0.2, 0.25) is 0 Å². The Morgan fingerprint density at radius 1 is 0.733 bits per heavy atom. The average Bonchev–Trinajstić information content (AvgIpc) is 2.73. The van der Waals surface area contributed by atoms with Crippen molar-refractivity contribution < 1.29 is 17.0 Å². The van der Waals surface area contributed by atoms with E-state index in [2.05, 4.69) is 41.5 Å². The van der Waals surface area contributed by atoms with Crippen LogP contribution in [0.25, 0.3) is 10.6 Å². The second kappa shape index (κ2) is 16.8. The standard InChI is InChI=1S/C25H48N2.2ClH.Ti/c1-7-20-12-9-14-22(18(3)4)24(20)26-16-11-17-27-25-21(8-2)13-10-15-23(25)19(5)6;;;/h18-25H,7-17H2,1-6H3;2*1H;/q-2;;;+2/p-2. The molecule has 2 rings (SSSR count). The summed E-state index contributed by atoms with van der Waals surface area (Å²) in [6, 6.07) is 1.23. The van der Waals surface area contributed by atoms with E-state index in [-0.39, 0.29) is 0 Å². The van der Waals surface area contributed by atoms with Gasteiger partial charge in [0.2, 0.25) is 0 Å². The number of hydrogen-bond acceptors (Lipinski definition) is 0. The fourth-order valence-corrected chi connectivity index (χ4v) is 6.08. The summed E-state index contributed by atoms with van der Waals surface area (Å²) in [6.07, 6.45) is 12.2. The molecule has 30 heavy (non-hydrogen) atoms. The van der Waals surface area contributed by atoms with Crippen molar-refractivity contribution in [3.63, 3.8) is 0 Å². The van der Waals surface area contributed by atoms with Gasteiger partial charge in [-0.25, -0.2) is 0 Å². The van der Waals surface area contributed by atoms with Crippen LogP contribution in [-0.2, 0) is 17.0 Å². The minimum absolute atomic E-state index is 0.556. The van der Waals surface area contributed by atoms with Crippen molar-refractivity contribution in [2.24, 2.45) is 35.5 Å². The van der Waals surface area contributed by atoms with Crippen LogP contribution in [0.1, 0.15) is 99.3 Å². The molecule has 0 heterocycles. The van der Waals surface area contributed by atoms with Crippen molar-refractivity contribution in [3.8, 4) is 0 Å². The van der Waals surface area contributed by atoms with Gasteiger partial charge >= 0.3 is 35.6 Å². The Morgan fingerprint density at radius 2 is 1.10 bits per heavy atom. The molecule has 2 nitrogen and oxygen atoms in total. The normalized spacial score (nSPS) is 32.1. The predicted molar refractivity (Wildman–Crippen MR) is 132 cm³/mol. The molecular weight excluding hydrogens is 447 g/mol. The maximum atomic E-state index is 5.25. The Morgan fingerprint density at radius 3 is 1.40 bits per heavy atom. The van der Waals surface area contributed by atoms with E-state index in [1.54, 1.807) is 0 Å². The van der Waals surface area contributed by atoms with Gasteiger partial charge in [-0.15, -0.1) is 12.1 Å². The summed E-state index contributed by atoms with van der Waals surface area (Å²) in [7, 11) is 9.78. The molecule has 2 fully saturated rings. The van der Waals surface area contributed by atoms with E-state index in [9.17, 15) is 0 Å². The predicted octanol–water partition coefficient (Wildman–Crippen LogP) is 9.20. The van der Waals surface area contributed by atoms with Gasteiger partial charge in [0, 0.05) is 0 Å². The molecule has 0 N–H and O–H groups in total. The number of hydrogen-bond donors (Lipinski definition) is 0. The van der Waals surface area contributed by atoms with Crippen LogP contribution in [-0.4, -0.2) is 25.2 Å². The molecule has 0 spiro atoms. The Kier molecular flexibility index (Phi) is 16.3. The molecule has 2 aliphatic rings. The van der Waals surface area contributed by atoms with Gasteiger partial charge in [-0.3, -0.25) is 0 Å². The van der Waals surface area contributed by atoms with E-state index in [1.807, 2.05) is 0 Å². The summed E-state index contributed by atoms with van der Waals surface area (Å²) >= 11 is -0.556. The van der Waals surface area contributed by atoms with Crippen LogP contribution >= 0.6 is 18.6 Å². The summed E-state index contributed by atoms with van der Waals surface area (Å²) in [5.41, 5.74) is 0. The van der Waals surface area contributed by atoms with Crippen molar-refractivity contribution in [3.05, 3.63) is 10.6 Å². The third-order valence-corrected chi connectivity index (χ3v) is 7.83. The molecular formula is C25H48Cl2N2Ti-2. The van der Waals surface area contributed by atoms with Crippen LogP contribution < -0.4 is 0 Å². The second-order valence-corrected chi connectivity index (χ2v) is 12.8. The molecule has 0 bridgehead atoms. The average molecular weight is 495 g/mol. The quantitative estimate of drug-likeness (QED) is 0.214. The molecule has 0 radical (unpaired) electrons. The maximum absolute atomic E-state index is 5.25. The third-order valence-electron chi connectivity index (χ3n) is 7.83. The monoisotopic (exact) mass is 494 g/mol. The van der Waals surface area contributed by atoms with Crippen LogP contribution in [0.4, 0.5) is 0 Å². The fraction of sp³-hybridized carbons (Fsp3) is 1.00. The van der Waals surface area contributed by atoms with Gasteiger partial charge in [0.15, 0.2) is 0 Å². The van der Waals surface area contributed by atoms with Crippen molar-refractivity contribution in [2.45, 2.75) is 111 Å². The van der Waals surface area contributed by atoms with Gasteiger partial charge < -0.3 is 10.6 Å². The summed E-state index contributed by atoms with van der Waals surface area (Å²) in [5, 5.41) is 10.5. The molecule has 2 aliphatic carbocycles. The first-order valence-corrected chi connectivity index (χ1v) is 17.0. The second-order valence-electron chi connectivity index (χ2n) is 10.2. The van der Waals surface area contributed by atoms with Crippen LogP contribution in [0.5, 0.6) is 0 Å². The molecule has 6 atom stereocenters. The van der Waals surface area contributed by atoms with Gasteiger partial charge in [-0.05, 0) is 11.8 Å². The molecule has 0 aliphatic heterocycles. The van der Waals surface area contributed by atoms with Crippen molar-refractivity contribution >= 4 is 18.6 Å². The Hall–Kier alpha value is 1.21. The summed E-state index contributed by atoms with van der Waals surface area (Å²) in [5.74, 6) is 4.84. The van der Waals surface area contributed by atoms with Gasteiger partial charge in [0.1, 0.15) is 0 Å². The number of halogens is 2. The molecule has 0 aromatic carbocycles. The fourth-order valence-electron chi connectivity index (χ4n) is 6.08. The Balaban J connectivity index is 0.00000141. The van der Waals surface area contributed by atoms with Crippen molar-refractivity contribution in [2.75, 3.05) is 13.1 Å². The van der Waals surface area contributed by atoms with E-state index in [4.69, 9.17) is 29.2 Å². The van der Waals surface area contributed by atoms with E-state index >= 15 is 0 Å². The van der Waals surface area contributed by atoms with Gasteiger partial charge in [-0.2, -0.15) is 13.1 Å². The van der Waals surface area contributed by atoms with Crippen LogP contribution in [0.3, 0.4) is 0 Å². The molecule has 178 valence electrons. The molecule has 2 saturated carbocycles. The first kappa shape index (κ1) is 29.2. The van der Waals surface area contributed by atoms with E-state index in [0.29, 0.717) is 12.1 Å². The zero-order valence-corrected chi connectivity index (χ0v) is 23.6. The van der Waals surface area contributed by atoms with E-state index in [0.717, 1.165) is 55.0 Å². The summed E-state index contributed by atoms with van der Waals surface area (Å²) in [4.78, 5) is 0. The van der Waals surface area contributed by atoms with Crippen LogP contribution in [0.15, 0.2) is 0 Å². The number of rotatable bonds is 10. The van der Waals surface area contributed by atoms with Crippen molar-refractivity contribution in [1.29, 1.82) is 0 Å². The SMILES string of the molecule is CCC1CCCC(C(C)C)C1[N-]CCC[N-]C1C(CC)CCCC1C(C)C.[Cl][Ti][Cl]. The zero-order chi connectivity index (χ0) is 22.5. The summed E-state index contributed by atoms with van der Waals surface area (Å²) in [6.45, 7) is 16.4. The zero-order valence-electron chi connectivity index (χ0n) is 20.5. The topological polar surface area (TPSA) is 28.2 Å². The first-order valence-electron chi connectivity index (χ1n) is 12.7. The van der Waals surface area contributed by atoms with Crippen molar-refractivity contribution in [1.82, 2.24) is 0 Å². The van der Waals surface area contributed by atoms with Crippen LogP contribution in [0, 0.1) is 35.5 Å². The molecule has 6 unspecified atom stereocenters. The first-order chi connectivity index (χ1) is 14.4. The molecule has 0 saturated heterocycles. The van der Waals surface area contributed by atoms with Gasteiger partial charge in [0.05, 0.1) is 0 Å². The Labute approximate surface area is 205 Å². The molecule has 0 amide bonds. The third kappa shape index (κ3) is 9.60. The molecule has 0 aromatic rings. The summed E-state index contributed by atoms with van der Waals surface area (Å²) < 4.78 is 0. The van der Waals surface area contributed by atoms with E-state index in [1.165, 1.54) is 51.4 Å². The Bertz CT molecular complexity index is 386. The molecule has 0 aromatic heterocycles. The van der Waals surface area contributed by atoms with E-state index < -0.39 is 17.0 Å².